The summed E-state index contributed by atoms with van der Waals surface area (Å²) in [5.41, 5.74) is 1.90. The third-order valence-corrected chi connectivity index (χ3v) is 5.25. The molecule has 0 spiro atoms. The highest BCUT2D eigenvalue weighted by Crippen LogP contribution is 2.44. The summed E-state index contributed by atoms with van der Waals surface area (Å²) < 4.78 is 5.35. The molecule has 0 aliphatic carbocycles. The first kappa shape index (κ1) is 16.8. The summed E-state index contributed by atoms with van der Waals surface area (Å²) in [5.74, 6) is 1.58. The highest BCUT2D eigenvalue weighted by atomic mass is 32.2. The van der Waals surface area contributed by atoms with E-state index < -0.39 is 0 Å². The second kappa shape index (κ2) is 6.47. The number of amides is 1. The first-order chi connectivity index (χ1) is 11.4. The number of carbonyl (C=O) groups is 1. The summed E-state index contributed by atoms with van der Waals surface area (Å²) in [6.07, 6.45) is 2.35. The van der Waals surface area contributed by atoms with Gasteiger partial charge in [0.15, 0.2) is 5.16 Å². The lowest BCUT2D eigenvalue weighted by Crippen LogP contribution is -2.52. The SMILES string of the molecule is COc1ccc2c(c1)[C@H](C)CC(C)(C)N2C(=O)CSc1ncn[nH]1. The molecule has 2 heterocycles. The molecule has 1 aliphatic rings. The zero-order chi connectivity index (χ0) is 17.3. The number of nitrogens with one attached hydrogen (secondary N) is 1. The molecule has 0 fully saturated rings. The summed E-state index contributed by atoms with van der Waals surface area (Å²) >= 11 is 1.37. The molecule has 0 radical (unpaired) electrons. The van der Waals surface area contributed by atoms with E-state index in [0.29, 0.717) is 16.8 Å². The van der Waals surface area contributed by atoms with Gasteiger partial charge in [0.2, 0.25) is 5.91 Å². The van der Waals surface area contributed by atoms with Crippen molar-refractivity contribution in [3.63, 3.8) is 0 Å². The Bertz CT molecular complexity index is 730. The van der Waals surface area contributed by atoms with E-state index >= 15 is 0 Å². The number of hydrogen-bond donors (Lipinski definition) is 1. The van der Waals surface area contributed by atoms with Gasteiger partial charge < -0.3 is 9.64 Å². The van der Waals surface area contributed by atoms with Gasteiger partial charge in [0.05, 0.1) is 12.9 Å². The van der Waals surface area contributed by atoms with Crippen molar-refractivity contribution in [3.8, 4) is 5.75 Å². The maximum Gasteiger partial charge on any atom is 0.237 e. The van der Waals surface area contributed by atoms with Gasteiger partial charge in [-0.15, -0.1) is 0 Å². The molecule has 1 aromatic carbocycles. The molecule has 6 nitrogen and oxygen atoms in total. The Balaban J connectivity index is 1.90. The minimum absolute atomic E-state index is 0.0692. The predicted molar refractivity (Wildman–Crippen MR) is 94.7 cm³/mol. The molecule has 1 N–H and O–H groups in total. The van der Waals surface area contributed by atoms with Crippen LogP contribution in [0.4, 0.5) is 5.69 Å². The third-order valence-electron chi connectivity index (χ3n) is 4.39. The Morgan fingerprint density at radius 3 is 2.96 bits per heavy atom. The Morgan fingerprint density at radius 1 is 1.50 bits per heavy atom. The van der Waals surface area contributed by atoms with Gasteiger partial charge in [-0.1, -0.05) is 18.7 Å². The van der Waals surface area contributed by atoms with Crippen molar-refractivity contribution in [2.75, 3.05) is 17.8 Å². The van der Waals surface area contributed by atoms with Gasteiger partial charge in [0.25, 0.3) is 0 Å². The number of aromatic amines is 1. The Hall–Kier alpha value is -2.02. The largest absolute Gasteiger partial charge is 0.497 e. The molecular weight excluding hydrogens is 324 g/mol. The summed E-state index contributed by atoms with van der Waals surface area (Å²) in [4.78, 5) is 18.9. The van der Waals surface area contributed by atoms with Gasteiger partial charge in [-0.05, 0) is 49.9 Å². The smallest absolute Gasteiger partial charge is 0.237 e. The van der Waals surface area contributed by atoms with Gasteiger partial charge in [-0.3, -0.25) is 9.89 Å². The lowest BCUT2D eigenvalue weighted by atomic mass is 9.80. The van der Waals surface area contributed by atoms with Gasteiger partial charge in [0.1, 0.15) is 12.1 Å². The van der Waals surface area contributed by atoms with E-state index in [1.165, 1.54) is 18.1 Å². The minimum Gasteiger partial charge on any atom is -0.497 e. The quantitative estimate of drug-likeness (QED) is 0.861. The van der Waals surface area contributed by atoms with Crippen molar-refractivity contribution in [2.24, 2.45) is 0 Å². The number of fused-ring (bicyclic) bond motifs is 1. The molecule has 3 rings (SSSR count). The molecule has 0 unspecified atom stereocenters. The zero-order valence-corrected chi connectivity index (χ0v) is 15.2. The fourth-order valence-corrected chi connectivity index (χ4v) is 4.09. The molecule has 0 saturated carbocycles. The van der Waals surface area contributed by atoms with Crippen LogP contribution in [0.25, 0.3) is 0 Å². The average molecular weight is 346 g/mol. The first-order valence-corrected chi connectivity index (χ1v) is 8.90. The lowest BCUT2D eigenvalue weighted by Gasteiger charge is -2.46. The number of rotatable bonds is 4. The lowest BCUT2D eigenvalue weighted by molar-refractivity contribution is -0.117. The topological polar surface area (TPSA) is 71.1 Å². The third kappa shape index (κ3) is 3.13. The number of thioether (sulfide) groups is 1. The van der Waals surface area contributed by atoms with E-state index in [0.717, 1.165) is 23.4 Å². The van der Waals surface area contributed by atoms with Crippen LogP contribution in [0.3, 0.4) is 0 Å². The number of nitrogens with zero attached hydrogens (tertiary/aromatic N) is 3. The molecule has 2 aromatic rings. The van der Waals surface area contributed by atoms with Crippen LogP contribution in [-0.4, -0.2) is 39.5 Å². The number of methoxy groups -OCH3 is 1. The van der Waals surface area contributed by atoms with Crippen molar-refractivity contribution in [3.05, 3.63) is 30.1 Å². The second-order valence-corrected chi connectivity index (χ2v) is 7.61. The number of hydrogen-bond acceptors (Lipinski definition) is 5. The van der Waals surface area contributed by atoms with Gasteiger partial charge in [-0.2, -0.15) is 5.10 Å². The Morgan fingerprint density at radius 2 is 2.29 bits per heavy atom. The van der Waals surface area contributed by atoms with Crippen LogP contribution in [0.15, 0.2) is 29.7 Å². The highest BCUT2D eigenvalue weighted by molar-refractivity contribution is 7.99. The van der Waals surface area contributed by atoms with Gasteiger partial charge in [-0.25, -0.2) is 4.98 Å². The molecule has 1 atom stereocenters. The summed E-state index contributed by atoms with van der Waals surface area (Å²) in [5, 5.41) is 7.24. The van der Waals surface area contributed by atoms with E-state index in [-0.39, 0.29) is 11.4 Å². The number of benzene rings is 1. The average Bonchev–Trinajstić information content (AvgIpc) is 3.05. The first-order valence-electron chi connectivity index (χ1n) is 7.91. The number of ether oxygens (including phenoxy) is 1. The standard InChI is InChI=1S/C17H22N4O2S/c1-11-8-17(2,3)21(14-6-5-12(23-4)7-13(11)14)15(22)9-24-16-18-10-19-20-16/h5-7,10-11H,8-9H2,1-4H3,(H,18,19,20)/t11-/m1/s1. The highest BCUT2D eigenvalue weighted by Gasteiger charge is 2.39. The normalized spacial score (nSPS) is 19.0. The van der Waals surface area contributed by atoms with E-state index in [9.17, 15) is 4.79 Å². The summed E-state index contributed by atoms with van der Waals surface area (Å²) in [6, 6.07) is 5.94. The second-order valence-electron chi connectivity index (χ2n) is 6.65. The number of H-pyrrole nitrogens is 1. The Kier molecular flexibility index (Phi) is 4.54. The van der Waals surface area contributed by atoms with E-state index in [1.54, 1.807) is 7.11 Å². The molecule has 0 saturated heterocycles. The number of carbonyl (C=O) groups excluding carboxylic acids is 1. The predicted octanol–water partition coefficient (Wildman–Crippen LogP) is 3.22. The van der Waals surface area contributed by atoms with Crippen LogP contribution in [0.5, 0.6) is 5.75 Å². The van der Waals surface area contributed by atoms with Crippen LogP contribution in [0.1, 0.15) is 38.7 Å². The van der Waals surface area contributed by atoms with Crippen molar-refractivity contribution in [1.29, 1.82) is 0 Å². The van der Waals surface area contributed by atoms with Crippen LogP contribution in [-0.2, 0) is 4.79 Å². The fourth-order valence-electron chi connectivity index (χ4n) is 3.46. The maximum atomic E-state index is 12.9. The molecular formula is C17H22N4O2S. The summed E-state index contributed by atoms with van der Waals surface area (Å²) in [6.45, 7) is 6.44. The van der Waals surface area contributed by atoms with E-state index in [4.69, 9.17) is 4.74 Å². The summed E-state index contributed by atoms with van der Waals surface area (Å²) in [7, 11) is 1.66. The van der Waals surface area contributed by atoms with Crippen LogP contribution in [0, 0.1) is 0 Å². The van der Waals surface area contributed by atoms with Gasteiger partial charge >= 0.3 is 0 Å². The van der Waals surface area contributed by atoms with Crippen molar-refractivity contribution >= 4 is 23.4 Å². The monoisotopic (exact) mass is 346 g/mol. The number of anilines is 1. The molecule has 1 amide bonds. The number of aromatic nitrogens is 3. The van der Waals surface area contributed by atoms with Crippen molar-refractivity contribution in [1.82, 2.24) is 15.2 Å². The van der Waals surface area contributed by atoms with Crippen LogP contribution >= 0.6 is 11.8 Å². The van der Waals surface area contributed by atoms with E-state index in [2.05, 4.69) is 36.0 Å². The molecule has 7 heteroatoms. The van der Waals surface area contributed by atoms with E-state index in [1.807, 2.05) is 23.1 Å². The van der Waals surface area contributed by atoms with Crippen molar-refractivity contribution < 1.29 is 9.53 Å². The molecule has 1 aliphatic heterocycles. The van der Waals surface area contributed by atoms with Crippen molar-refractivity contribution in [2.45, 2.75) is 43.8 Å². The Labute approximate surface area is 146 Å². The zero-order valence-electron chi connectivity index (χ0n) is 14.4. The molecule has 24 heavy (non-hydrogen) atoms. The molecule has 0 bridgehead atoms. The minimum atomic E-state index is -0.236. The van der Waals surface area contributed by atoms with Crippen LogP contribution < -0.4 is 9.64 Å². The maximum absolute atomic E-state index is 12.9. The van der Waals surface area contributed by atoms with Gasteiger partial charge in [0, 0.05) is 11.2 Å². The molecule has 1 aromatic heterocycles. The van der Waals surface area contributed by atoms with Crippen LogP contribution in [0.2, 0.25) is 0 Å². The molecule has 128 valence electrons. The fraction of sp³-hybridized carbons (Fsp3) is 0.471.